The average Bonchev–Trinajstić information content (AvgIpc) is 3.05. The second-order valence-corrected chi connectivity index (χ2v) is 4.52. The standard InChI is InChI=1S/C15H12N4/c1-3-12(9-13-10(1)5-7-16-13)18-14-4-2-11-6-8-17-15(11)19-14/h1-9,16H,(H2,17,18,19). The number of aromatic nitrogens is 3. The second kappa shape index (κ2) is 3.88. The van der Waals surface area contributed by atoms with Crippen LogP contribution in [0.3, 0.4) is 0 Å². The molecule has 4 aromatic rings. The van der Waals surface area contributed by atoms with Crippen molar-refractivity contribution in [1.29, 1.82) is 0 Å². The zero-order chi connectivity index (χ0) is 12.7. The number of nitrogens with zero attached hydrogens (tertiary/aromatic N) is 1. The van der Waals surface area contributed by atoms with Gasteiger partial charge in [-0.25, -0.2) is 4.98 Å². The third kappa shape index (κ3) is 1.74. The fourth-order valence-electron chi connectivity index (χ4n) is 2.27. The molecule has 0 unspecified atom stereocenters. The van der Waals surface area contributed by atoms with Crippen LogP contribution in [0, 0.1) is 0 Å². The van der Waals surface area contributed by atoms with Gasteiger partial charge in [-0.1, -0.05) is 6.07 Å². The van der Waals surface area contributed by atoms with Crippen LogP contribution in [0.15, 0.2) is 54.9 Å². The van der Waals surface area contributed by atoms with E-state index in [1.807, 2.05) is 30.6 Å². The van der Waals surface area contributed by atoms with Crippen LogP contribution in [-0.2, 0) is 0 Å². The maximum Gasteiger partial charge on any atom is 0.139 e. The first-order valence-corrected chi connectivity index (χ1v) is 6.17. The topological polar surface area (TPSA) is 56.5 Å². The molecule has 4 heteroatoms. The van der Waals surface area contributed by atoms with Crippen molar-refractivity contribution < 1.29 is 0 Å². The molecule has 0 atom stereocenters. The van der Waals surface area contributed by atoms with E-state index in [1.165, 1.54) is 5.39 Å². The van der Waals surface area contributed by atoms with Crippen LogP contribution in [0.1, 0.15) is 0 Å². The zero-order valence-corrected chi connectivity index (χ0v) is 10.1. The highest BCUT2D eigenvalue weighted by Crippen LogP contribution is 2.21. The normalized spacial score (nSPS) is 11.2. The smallest absolute Gasteiger partial charge is 0.139 e. The monoisotopic (exact) mass is 248 g/mol. The Morgan fingerprint density at radius 3 is 2.68 bits per heavy atom. The third-order valence-corrected chi connectivity index (χ3v) is 3.24. The number of aromatic amines is 2. The van der Waals surface area contributed by atoms with E-state index in [0.29, 0.717) is 0 Å². The van der Waals surface area contributed by atoms with Crippen molar-refractivity contribution in [2.75, 3.05) is 5.32 Å². The number of hydrogen-bond donors (Lipinski definition) is 3. The molecule has 0 aliphatic heterocycles. The predicted octanol–water partition coefficient (Wildman–Crippen LogP) is 3.79. The minimum atomic E-state index is 0.834. The Morgan fingerprint density at radius 2 is 1.68 bits per heavy atom. The minimum Gasteiger partial charge on any atom is -0.361 e. The minimum absolute atomic E-state index is 0.834. The average molecular weight is 248 g/mol. The van der Waals surface area contributed by atoms with Crippen molar-refractivity contribution in [3.05, 3.63) is 54.9 Å². The molecule has 1 aromatic carbocycles. The van der Waals surface area contributed by atoms with Gasteiger partial charge in [0.15, 0.2) is 0 Å². The molecule has 0 saturated carbocycles. The first-order chi connectivity index (χ1) is 9.38. The van der Waals surface area contributed by atoms with Crippen LogP contribution in [0.2, 0.25) is 0 Å². The second-order valence-electron chi connectivity index (χ2n) is 4.52. The van der Waals surface area contributed by atoms with E-state index >= 15 is 0 Å². The molecule has 0 bridgehead atoms. The first kappa shape index (κ1) is 10.2. The summed E-state index contributed by atoms with van der Waals surface area (Å²) in [5.41, 5.74) is 3.03. The molecule has 0 aliphatic rings. The van der Waals surface area contributed by atoms with Gasteiger partial charge < -0.3 is 15.3 Å². The van der Waals surface area contributed by atoms with Gasteiger partial charge in [0.1, 0.15) is 11.5 Å². The molecule has 3 heterocycles. The lowest BCUT2D eigenvalue weighted by molar-refractivity contribution is 1.31. The largest absolute Gasteiger partial charge is 0.361 e. The highest BCUT2D eigenvalue weighted by Gasteiger charge is 2.01. The highest BCUT2D eigenvalue weighted by atomic mass is 15.0. The van der Waals surface area contributed by atoms with Crippen molar-refractivity contribution in [1.82, 2.24) is 15.0 Å². The summed E-state index contributed by atoms with van der Waals surface area (Å²) in [6.07, 6.45) is 3.84. The summed E-state index contributed by atoms with van der Waals surface area (Å²) < 4.78 is 0. The Labute approximate surface area is 109 Å². The van der Waals surface area contributed by atoms with Crippen molar-refractivity contribution in [3.8, 4) is 0 Å². The molecule has 0 saturated heterocycles. The van der Waals surface area contributed by atoms with Crippen molar-refractivity contribution in [2.24, 2.45) is 0 Å². The Bertz CT molecular complexity index is 784. The van der Waals surface area contributed by atoms with Crippen LogP contribution in [-0.4, -0.2) is 15.0 Å². The molecule has 0 fully saturated rings. The van der Waals surface area contributed by atoms with Gasteiger partial charge in [0.25, 0.3) is 0 Å². The van der Waals surface area contributed by atoms with Gasteiger partial charge in [-0.15, -0.1) is 0 Å². The molecular formula is C15H12N4. The number of rotatable bonds is 2. The van der Waals surface area contributed by atoms with Gasteiger partial charge in [0, 0.05) is 29.0 Å². The Hall–Kier alpha value is -2.75. The first-order valence-electron chi connectivity index (χ1n) is 6.17. The summed E-state index contributed by atoms with van der Waals surface area (Å²) in [5.74, 6) is 0.834. The van der Waals surface area contributed by atoms with Crippen molar-refractivity contribution in [2.45, 2.75) is 0 Å². The van der Waals surface area contributed by atoms with Gasteiger partial charge in [-0.05, 0) is 41.8 Å². The van der Waals surface area contributed by atoms with E-state index in [9.17, 15) is 0 Å². The summed E-state index contributed by atoms with van der Waals surface area (Å²) in [4.78, 5) is 10.8. The van der Waals surface area contributed by atoms with Crippen LogP contribution < -0.4 is 5.32 Å². The lowest BCUT2D eigenvalue weighted by Crippen LogP contribution is -1.93. The van der Waals surface area contributed by atoms with E-state index in [1.54, 1.807) is 0 Å². The van der Waals surface area contributed by atoms with E-state index in [0.717, 1.165) is 28.1 Å². The highest BCUT2D eigenvalue weighted by molar-refractivity contribution is 5.84. The third-order valence-electron chi connectivity index (χ3n) is 3.24. The fourth-order valence-corrected chi connectivity index (χ4v) is 2.27. The van der Waals surface area contributed by atoms with E-state index < -0.39 is 0 Å². The van der Waals surface area contributed by atoms with E-state index in [2.05, 4.69) is 44.5 Å². The molecule has 4 rings (SSSR count). The van der Waals surface area contributed by atoms with E-state index in [-0.39, 0.29) is 0 Å². The molecule has 0 amide bonds. The lowest BCUT2D eigenvalue weighted by atomic mass is 10.2. The summed E-state index contributed by atoms with van der Waals surface area (Å²) in [6, 6.07) is 14.3. The van der Waals surface area contributed by atoms with Gasteiger partial charge in [-0.2, -0.15) is 0 Å². The maximum absolute atomic E-state index is 4.52. The number of hydrogen-bond acceptors (Lipinski definition) is 2. The van der Waals surface area contributed by atoms with Crippen molar-refractivity contribution in [3.63, 3.8) is 0 Å². The number of benzene rings is 1. The molecule has 0 spiro atoms. The Balaban J connectivity index is 1.72. The van der Waals surface area contributed by atoms with Gasteiger partial charge >= 0.3 is 0 Å². The Morgan fingerprint density at radius 1 is 0.842 bits per heavy atom. The number of nitrogens with one attached hydrogen (secondary N) is 3. The number of fused-ring (bicyclic) bond motifs is 2. The molecule has 4 nitrogen and oxygen atoms in total. The molecule has 19 heavy (non-hydrogen) atoms. The maximum atomic E-state index is 4.52. The fraction of sp³-hybridized carbons (Fsp3) is 0. The molecular weight excluding hydrogens is 236 g/mol. The molecule has 3 aromatic heterocycles. The summed E-state index contributed by atoms with van der Waals surface area (Å²) in [6.45, 7) is 0. The molecule has 92 valence electrons. The zero-order valence-electron chi connectivity index (χ0n) is 10.1. The van der Waals surface area contributed by atoms with Crippen LogP contribution in [0.5, 0.6) is 0 Å². The summed E-state index contributed by atoms with van der Waals surface area (Å²) >= 11 is 0. The van der Waals surface area contributed by atoms with Gasteiger partial charge in [-0.3, -0.25) is 0 Å². The quantitative estimate of drug-likeness (QED) is 0.505. The Kier molecular flexibility index (Phi) is 2.08. The lowest BCUT2D eigenvalue weighted by Gasteiger charge is -2.05. The van der Waals surface area contributed by atoms with Crippen LogP contribution in [0.4, 0.5) is 11.5 Å². The number of H-pyrrole nitrogens is 2. The molecule has 0 aliphatic carbocycles. The van der Waals surface area contributed by atoms with Crippen LogP contribution in [0.25, 0.3) is 21.9 Å². The molecule has 3 N–H and O–H groups in total. The molecule has 0 radical (unpaired) electrons. The number of pyridine rings is 1. The summed E-state index contributed by atoms with van der Waals surface area (Å²) in [7, 11) is 0. The van der Waals surface area contributed by atoms with Crippen LogP contribution >= 0.6 is 0 Å². The van der Waals surface area contributed by atoms with E-state index in [4.69, 9.17) is 0 Å². The van der Waals surface area contributed by atoms with Crippen molar-refractivity contribution >= 4 is 33.4 Å². The summed E-state index contributed by atoms with van der Waals surface area (Å²) in [5, 5.41) is 5.64. The van der Waals surface area contributed by atoms with Gasteiger partial charge in [0.2, 0.25) is 0 Å². The number of anilines is 2. The van der Waals surface area contributed by atoms with Gasteiger partial charge in [0.05, 0.1) is 0 Å². The predicted molar refractivity (Wildman–Crippen MR) is 77.7 cm³/mol. The SMILES string of the molecule is c1cc2ccc(Nc3ccc4cc[nH]c4n3)cc2[nH]1.